The SMILES string of the molecule is O=C(CCl)N1CC[C@@H]2C[C@@H](c3ccccc3)[C@@H]2C1. The Labute approximate surface area is 113 Å². The lowest BCUT2D eigenvalue weighted by Gasteiger charge is -2.51. The topological polar surface area (TPSA) is 20.3 Å². The molecule has 1 aliphatic carbocycles. The summed E-state index contributed by atoms with van der Waals surface area (Å²) in [6.45, 7) is 1.80. The summed E-state index contributed by atoms with van der Waals surface area (Å²) < 4.78 is 0. The molecule has 1 saturated heterocycles. The van der Waals surface area contributed by atoms with Gasteiger partial charge >= 0.3 is 0 Å². The van der Waals surface area contributed by atoms with E-state index in [0.29, 0.717) is 11.8 Å². The lowest BCUT2D eigenvalue weighted by molar-refractivity contribution is -0.133. The van der Waals surface area contributed by atoms with Gasteiger partial charge in [-0.2, -0.15) is 0 Å². The smallest absolute Gasteiger partial charge is 0.237 e. The number of hydrogen-bond donors (Lipinski definition) is 0. The molecule has 3 rings (SSSR count). The van der Waals surface area contributed by atoms with Gasteiger partial charge in [0.2, 0.25) is 5.91 Å². The largest absolute Gasteiger partial charge is 0.341 e. The van der Waals surface area contributed by atoms with Crippen LogP contribution in [0.4, 0.5) is 0 Å². The molecule has 1 heterocycles. The van der Waals surface area contributed by atoms with Crippen LogP contribution in [0.25, 0.3) is 0 Å². The predicted octanol–water partition coefficient (Wildman–Crippen LogP) is 2.88. The van der Waals surface area contributed by atoms with Gasteiger partial charge < -0.3 is 4.90 Å². The molecule has 1 aromatic rings. The van der Waals surface area contributed by atoms with Crippen molar-refractivity contribution >= 4 is 17.5 Å². The van der Waals surface area contributed by atoms with E-state index in [1.165, 1.54) is 12.0 Å². The Morgan fingerprint density at radius 2 is 2.11 bits per heavy atom. The predicted molar refractivity (Wildman–Crippen MR) is 72.7 cm³/mol. The first-order valence-electron chi connectivity index (χ1n) is 6.68. The number of halogens is 1. The molecule has 0 bridgehead atoms. The molecule has 96 valence electrons. The monoisotopic (exact) mass is 263 g/mol. The van der Waals surface area contributed by atoms with Crippen LogP contribution in [0.5, 0.6) is 0 Å². The van der Waals surface area contributed by atoms with Crippen LogP contribution in [0.15, 0.2) is 30.3 Å². The van der Waals surface area contributed by atoms with Crippen molar-refractivity contribution in [1.82, 2.24) is 4.90 Å². The van der Waals surface area contributed by atoms with E-state index in [4.69, 9.17) is 11.6 Å². The van der Waals surface area contributed by atoms with Gasteiger partial charge in [0.15, 0.2) is 0 Å². The van der Waals surface area contributed by atoms with E-state index in [0.717, 1.165) is 25.4 Å². The first kappa shape index (κ1) is 12.0. The molecule has 1 aromatic carbocycles. The van der Waals surface area contributed by atoms with Crippen LogP contribution in [0, 0.1) is 11.8 Å². The van der Waals surface area contributed by atoms with Gasteiger partial charge in [0.1, 0.15) is 5.88 Å². The third-order valence-electron chi connectivity index (χ3n) is 4.57. The Morgan fingerprint density at radius 1 is 1.33 bits per heavy atom. The van der Waals surface area contributed by atoms with Gasteiger partial charge in [-0.25, -0.2) is 0 Å². The highest BCUT2D eigenvalue weighted by Crippen LogP contribution is 2.51. The summed E-state index contributed by atoms with van der Waals surface area (Å²) in [5.74, 6) is 2.31. The summed E-state index contributed by atoms with van der Waals surface area (Å²) in [7, 11) is 0. The maximum Gasteiger partial charge on any atom is 0.237 e. The van der Waals surface area contributed by atoms with Gasteiger partial charge in [0.25, 0.3) is 0 Å². The third kappa shape index (κ3) is 2.03. The van der Waals surface area contributed by atoms with Gasteiger partial charge in [-0.15, -0.1) is 11.6 Å². The molecule has 3 atom stereocenters. The van der Waals surface area contributed by atoms with Crippen molar-refractivity contribution in [3.8, 4) is 0 Å². The Kier molecular flexibility index (Phi) is 3.29. The second-order valence-electron chi connectivity index (χ2n) is 5.44. The minimum Gasteiger partial charge on any atom is -0.341 e. The average Bonchev–Trinajstić information content (AvgIpc) is 2.40. The first-order valence-corrected chi connectivity index (χ1v) is 7.21. The van der Waals surface area contributed by atoms with Gasteiger partial charge in [-0.3, -0.25) is 4.79 Å². The number of amides is 1. The van der Waals surface area contributed by atoms with E-state index in [1.54, 1.807) is 0 Å². The number of alkyl halides is 1. The van der Waals surface area contributed by atoms with Crippen molar-refractivity contribution < 1.29 is 4.79 Å². The highest BCUT2D eigenvalue weighted by Gasteiger charge is 2.45. The summed E-state index contributed by atoms with van der Waals surface area (Å²) in [5.41, 5.74) is 1.43. The fraction of sp³-hybridized carbons (Fsp3) is 0.533. The summed E-state index contributed by atoms with van der Waals surface area (Å²) >= 11 is 5.65. The standard InChI is InChI=1S/C15H18ClNO/c16-9-15(18)17-7-6-12-8-13(14(12)10-17)11-4-2-1-3-5-11/h1-5,12-14H,6-10H2/t12-,13+,14-/m1/s1. The van der Waals surface area contributed by atoms with Gasteiger partial charge in [0, 0.05) is 13.1 Å². The molecule has 3 heteroatoms. The van der Waals surface area contributed by atoms with Crippen LogP contribution in [0.3, 0.4) is 0 Å². The second kappa shape index (κ2) is 4.93. The maximum atomic E-state index is 11.7. The average molecular weight is 264 g/mol. The van der Waals surface area contributed by atoms with Crippen LogP contribution in [0.2, 0.25) is 0 Å². The minimum atomic E-state index is 0.0915. The lowest BCUT2D eigenvalue weighted by atomic mass is 9.59. The number of carbonyl (C=O) groups excluding carboxylic acids is 1. The number of fused-ring (bicyclic) bond motifs is 1. The van der Waals surface area contributed by atoms with E-state index < -0.39 is 0 Å². The molecule has 0 N–H and O–H groups in total. The highest BCUT2D eigenvalue weighted by molar-refractivity contribution is 6.27. The van der Waals surface area contributed by atoms with Crippen LogP contribution in [-0.4, -0.2) is 29.8 Å². The number of benzene rings is 1. The van der Waals surface area contributed by atoms with Crippen LogP contribution < -0.4 is 0 Å². The fourth-order valence-corrected chi connectivity index (χ4v) is 3.65. The molecule has 0 aromatic heterocycles. The van der Waals surface area contributed by atoms with E-state index in [1.807, 2.05) is 4.90 Å². The second-order valence-corrected chi connectivity index (χ2v) is 5.71. The van der Waals surface area contributed by atoms with E-state index in [9.17, 15) is 4.79 Å². The molecule has 2 nitrogen and oxygen atoms in total. The molecular formula is C15H18ClNO. The molecule has 2 aliphatic rings. The molecule has 0 radical (unpaired) electrons. The third-order valence-corrected chi connectivity index (χ3v) is 4.80. The zero-order valence-electron chi connectivity index (χ0n) is 10.4. The van der Waals surface area contributed by atoms with Crippen LogP contribution in [-0.2, 0) is 4.79 Å². The first-order chi connectivity index (χ1) is 8.79. The molecular weight excluding hydrogens is 246 g/mol. The number of hydrogen-bond acceptors (Lipinski definition) is 1. The Bertz CT molecular complexity index is 433. The zero-order chi connectivity index (χ0) is 12.5. The van der Waals surface area contributed by atoms with Crippen LogP contribution in [0.1, 0.15) is 24.3 Å². The van der Waals surface area contributed by atoms with E-state index in [-0.39, 0.29) is 11.8 Å². The quantitative estimate of drug-likeness (QED) is 0.752. The van der Waals surface area contributed by atoms with Crippen molar-refractivity contribution in [2.45, 2.75) is 18.8 Å². The van der Waals surface area contributed by atoms with Crippen molar-refractivity contribution in [3.05, 3.63) is 35.9 Å². The molecule has 2 fully saturated rings. The van der Waals surface area contributed by atoms with Crippen molar-refractivity contribution in [1.29, 1.82) is 0 Å². The number of piperidine rings is 1. The summed E-state index contributed by atoms with van der Waals surface area (Å²) in [5, 5.41) is 0. The van der Waals surface area contributed by atoms with E-state index >= 15 is 0 Å². The summed E-state index contributed by atoms with van der Waals surface area (Å²) in [4.78, 5) is 13.6. The molecule has 1 aliphatic heterocycles. The van der Waals surface area contributed by atoms with Gasteiger partial charge in [-0.05, 0) is 36.2 Å². The normalized spacial score (nSPS) is 30.5. The molecule has 1 amide bonds. The van der Waals surface area contributed by atoms with Gasteiger partial charge in [-0.1, -0.05) is 30.3 Å². The minimum absolute atomic E-state index is 0.0915. The number of nitrogens with zero attached hydrogens (tertiary/aromatic N) is 1. The Hall–Kier alpha value is -1.02. The van der Waals surface area contributed by atoms with Gasteiger partial charge in [0.05, 0.1) is 0 Å². The molecule has 1 saturated carbocycles. The fourth-order valence-electron chi connectivity index (χ4n) is 3.48. The Morgan fingerprint density at radius 3 is 2.83 bits per heavy atom. The van der Waals surface area contributed by atoms with Crippen molar-refractivity contribution in [2.24, 2.45) is 11.8 Å². The number of carbonyl (C=O) groups is 1. The zero-order valence-corrected chi connectivity index (χ0v) is 11.1. The maximum absolute atomic E-state index is 11.7. The molecule has 18 heavy (non-hydrogen) atoms. The highest BCUT2D eigenvalue weighted by atomic mass is 35.5. The lowest BCUT2D eigenvalue weighted by Crippen LogP contribution is -2.51. The number of likely N-dealkylation sites (tertiary alicyclic amines) is 1. The molecule has 0 spiro atoms. The summed E-state index contributed by atoms with van der Waals surface area (Å²) in [6.07, 6.45) is 2.44. The van der Waals surface area contributed by atoms with E-state index in [2.05, 4.69) is 30.3 Å². The van der Waals surface area contributed by atoms with Crippen LogP contribution >= 0.6 is 11.6 Å². The van der Waals surface area contributed by atoms with Crippen molar-refractivity contribution in [2.75, 3.05) is 19.0 Å². The Balaban J connectivity index is 1.70. The summed E-state index contributed by atoms with van der Waals surface area (Å²) in [6, 6.07) is 10.7. The molecule has 0 unspecified atom stereocenters. The number of rotatable bonds is 2. The van der Waals surface area contributed by atoms with Crippen molar-refractivity contribution in [3.63, 3.8) is 0 Å².